The lowest BCUT2D eigenvalue weighted by atomic mass is 10.1. The van der Waals surface area contributed by atoms with Gasteiger partial charge in [-0.15, -0.1) is 0 Å². The van der Waals surface area contributed by atoms with E-state index in [0.29, 0.717) is 5.56 Å². The maximum atomic E-state index is 11.9. The largest absolute Gasteiger partial charge is 0.340 e. The number of para-hydroxylation sites is 1. The first-order chi connectivity index (χ1) is 9.76. The van der Waals surface area contributed by atoms with E-state index < -0.39 is 0 Å². The van der Waals surface area contributed by atoms with E-state index in [1.807, 2.05) is 24.3 Å². The fraction of sp³-hybridized carbons (Fsp3) is 0.133. The van der Waals surface area contributed by atoms with Gasteiger partial charge in [0.05, 0.1) is 16.9 Å². The minimum absolute atomic E-state index is 0.259. The fourth-order valence-electron chi connectivity index (χ4n) is 2.45. The van der Waals surface area contributed by atoms with Crippen molar-refractivity contribution >= 4 is 29.0 Å². The first-order valence-corrected chi connectivity index (χ1v) is 7.26. The van der Waals surface area contributed by atoms with Crippen LogP contribution in [0.3, 0.4) is 0 Å². The van der Waals surface area contributed by atoms with E-state index in [0.717, 1.165) is 22.0 Å². The van der Waals surface area contributed by atoms with Gasteiger partial charge in [0.25, 0.3) is 5.91 Å². The van der Waals surface area contributed by atoms with Crippen LogP contribution in [0.4, 0.5) is 11.4 Å². The highest BCUT2D eigenvalue weighted by Crippen LogP contribution is 2.49. The molecule has 2 aromatic carbocycles. The zero-order chi connectivity index (χ0) is 14.1. The van der Waals surface area contributed by atoms with Gasteiger partial charge in [0.2, 0.25) is 0 Å². The molecule has 3 rings (SSSR count). The van der Waals surface area contributed by atoms with Crippen LogP contribution >= 0.6 is 11.8 Å². The summed E-state index contributed by atoms with van der Waals surface area (Å²) in [7, 11) is 0. The van der Waals surface area contributed by atoms with Crippen LogP contribution in [0, 0.1) is 0 Å². The van der Waals surface area contributed by atoms with E-state index in [1.165, 1.54) is 5.69 Å². The molecule has 1 aliphatic rings. The van der Waals surface area contributed by atoms with Crippen LogP contribution in [0.25, 0.3) is 0 Å². The second kappa shape index (κ2) is 5.19. The number of anilines is 2. The molecule has 3 N–H and O–H groups in total. The van der Waals surface area contributed by atoms with E-state index in [-0.39, 0.29) is 5.91 Å². The van der Waals surface area contributed by atoms with Crippen LogP contribution in [0.5, 0.6) is 0 Å². The molecule has 2 aromatic rings. The molecule has 1 aliphatic heterocycles. The molecule has 5 heteroatoms. The maximum absolute atomic E-state index is 11.9. The SMILES string of the molecule is CCN1c2ccccc2Sc2c(C(=O)NN)cccc21. The third kappa shape index (κ3) is 1.95. The second-order valence-corrected chi connectivity index (χ2v) is 5.49. The predicted molar refractivity (Wildman–Crippen MR) is 81.3 cm³/mol. The average molecular weight is 285 g/mol. The number of nitrogen functional groups attached to an aromatic ring is 1. The third-order valence-electron chi connectivity index (χ3n) is 3.35. The van der Waals surface area contributed by atoms with E-state index >= 15 is 0 Å². The first kappa shape index (κ1) is 13.0. The zero-order valence-corrected chi connectivity index (χ0v) is 11.9. The Morgan fingerprint density at radius 3 is 2.70 bits per heavy atom. The quantitative estimate of drug-likeness (QED) is 0.506. The summed E-state index contributed by atoms with van der Waals surface area (Å²) in [6.45, 7) is 2.95. The lowest BCUT2D eigenvalue weighted by Gasteiger charge is -2.32. The molecule has 0 unspecified atom stereocenters. The first-order valence-electron chi connectivity index (χ1n) is 6.44. The topological polar surface area (TPSA) is 58.4 Å². The molecule has 0 spiro atoms. The summed E-state index contributed by atoms with van der Waals surface area (Å²) in [6.07, 6.45) is 0. The number of hydrogen-bond acceptors (Lipinski definition) is 4. The molecule has 0 radical (unpaired) electrons. The summed E-state index contributed by atoms with van der Waals surface area (Å²) >= 11 is 1.61. The number of rotatable bonds is 2. The van der Waals surface area contributed by atoms with Gasteiger partial charge in [-0.1, -0.05) is 30.0 Å². The van der Waals surface area contributed by atoms with Gasteiger partial charge >= 0.3 is 0 Å². The monoisotopic (exact) mass is 285 g/mol. The molecule has 0 atom stereocenters. The molecule has 0 bridgehead atoms. The molecule has 0 aliphatic carbocycles. The third-order valence-corrected chi connectivity index (χ3v) is 4.54. The van der Waals surface area contributed by atoms with Crippen molar-refractivity contribution in [3.05, 3.63) is 48.0 Å². The minimum Gasteiger partial charge on any atom is -0.340 e. The number of hydrazine groups is 1. The normalized spacial score (nSPS) is 12.6. The number of nitrogens with two attached hydrogens (primary N) is 1. The van der Waals surface area contributed by atoms with Crippen molar-refractivity contribution in [1.29, 1.82) is 0 Å². The van der Waals surface area contributed by atoms with Gasteiger partial charge in [-0.05, 0) is 31.2 Å². The fourth-order valence-corrected chi connectivity index (χ4v) is 3.65. The van der Waals surface area contributed by atoms with E-state index in [4.69, 9.17) is 5.84 Å². The van der Waals surface area contributed by atoms with Crippen molar-refractivity contribution in [3.63, 3.8) is 0 Å². The highest BCUT2D eigenvalue weighted by Gasteiger charge is 2.25. The summed E-state index contributed by atoms with van der Waals surface area (Å²) in [5, 5.41) is 0. The van der Waals surface area contributed by atoms with E-state index in [9.17, 15) is 4.79 Å². The van der Waals surface area contributed by atoms with Crippen LogP contribution in [0.1, 0.15) is 17.3 Å². The predicted octanol–water partition coefficient (Wildman–Crippen LogP) is 2.91. The summed E-state index contributed by atoms with van der Waals surface area (Å²) in [6, 6.07) is 13.9. The molecule has 1 heterocycles. The number of nitrogens with zero attached hydrogens (tertiary/aromatic N) is 1. The Kier molecular flexibility index (Phi) is 3.38. The van der Waals surface area contributed by atoms with Gasteiger partial charge < -0.3 is 4.90 Å². The van der Waals surface area contributed by atoms with Gasteiger partial charge in [0, 0.05) is 16.3 Å². The number of fused-ring (bicyclic) bond motifs is 2. The standard InChI is InChI=1S/C15H15N3OS/c1-2-18-11-7-3-4-9-13(11)20-14-10(15(19)17-16)6-5-8-12(14)18/h3-9H,2,16H2,1H3,(H,17,19). The molecular weight excluding hydrogens is 270 g/mol. The minimum atomic E-state index is -0.259. The van der Waals surface area contributed by atoms with Crippen molar-refractivity contribution in [2.45, 2.75) is 16.7 Å². The van der Waals surface area contributed by atoms with Crippen LogP contribution in [0.15, 0.2) is 52.3 Å². The molecule has 0 aromatic heterocycles. The van der Waals surface area contributed by atoms with Gasteiger partial charge in [-0.25, -0.2) is 5.84 Å². The Labute approximate surface area is 121 Å². The van der Waals surface area contributed by atoms with Crippen molar-refractivity contribution < 1.29 is 4.79 Å². The Morgan fingerprint density at radius 1 is 1.20 bits per heavy atom. The average Bonchev–Trinajstić information content (AvgIpc) is 2.51. The van der Waals surface area contributed by atoms with E-state index in [2.05, 4.69) is 29.4 Å². The highest BCUT2D eigenvalue weighted by molar-refractivity contribution is 7.99. The highest BCUT2D eigenvalue weighted by atomic mass is 32.2. The maximum Gasteiger partial charge on any atom is 0.266 e. The molecule has 0 saturated carbocycles. The number of carbonyl (C=O) groups is 1. The van der Waals surface area contributed by atoms with Crippen molar-refractivity contribution in [1.82, 2.24) is 5.43 Å². The summed E-state index contributed by atoms with van der Waals surface area (Å²) < 4.78 is 0. The summed E-state index contributed by atoms with van der Waals surface area (Å²) in [5.74, 6) is 5.02. The number of amides is 1. The lowest BCUT2D eigenvalue weighted by Crippen LogP contribution is -2.31. The Balaban J connectivity index is 2.19. The lowest BCUT2D eigenvalue weighted by molar-refractivity contribution is 0.0951. The number of carbonyl (C=O) groups excluding carboxylic acids is 1. The second-order valence-electron chi connectivity index (χ2n) is 4.44. The molecule has 20 heavy (non-hydrogen) atoms. The Bertz CT molecular complexity index is 672. The van der Waals surface area contributed by atoms with Crippen LogP contribution < -0.4 is 16.2 Å². The van der Waals surface area contributed by atoms with E-state index in [1.54, 1.807) is 17.8 Å². The molecular formula is C15H15N3OS. The smallest absolute Gasteiger partial charge is 0.266 e. The zero-order valence-electron chi connectivity index (χ0n) is 11.1. The molecule has 0 saturated heterocycles. The Morgan fingerprint density at radius 2 is 1.95 bits per heavy atom. The van der Waals surface area contributed by atoms with Crippen molar-refractivity contribution in [2.24, 2.45) is 5.84 Å². The Hall–Kier alpha value is -1.98. The van der Waals surface area contributed by atoms with Crippen LogP contribution in [-0.4, -0.2) is 12.5 Å². The van der Waals surface area contributed by atoms with Crippen LogP contribution in [-0.2, 0) is 0 Å². The van der Waals surface area contributed by atoms with Gasteiger partial charge in [0.1, 0.15) is 0 Å². The van der Waals surface area contributed by atoms with Crippen molar-refractivity contribution in [2.75, 3.05) is 11.4 Å². The van der Waals surface area contributed by atoms with Gasteiger partial charge in [-0.3, -0.25) is 10.2 Å². The van der Waals surface area contributed by atoms with Crippen molar-refractivity contribution in [3.8, 4) is 0 Å². The van der Waals surface area contributed by atoms with Gasteiger partial charge in [0.15, 0.2) is 0 Å². The molecule has 4 nitrogen and oxygen atoms in total. The molecule has 1 amide bonds. The molecule has 102 valence electrons. The summed E-state index contributed by atoms with van der Waals surface area (Å²) in [4.78, 5) is 16.2. The number of hydrogen-bond donors (Lipinski definition) is 2. The number of nitrogens with one attached hydrogen (secondary N) is 1. The summed E-state index contributed by atoms with van der Waals surface area (Å²) in [5.41, 5.74) is 5.06. The molecule has 0 fully saturated rings. The van der Waals surface area contributed by atoms with Crippen LogP contribution in [0.2, 0.25) is 0 Å². The van der Waals surface area contributed by atoms with Gasteiger partial charge in [-0.2, -0.15) is 0 Å². The number of benzene rings is 2.